The zero-order valence-corrected chi connectivity index (χ0v) is 12.3. The van der Waals surface area contributed by atoms with Gasteiger partial charge in [0.15, 0.2) is 5.78 Å². The van der Waals surface area contributed by atoms with Gasteiger partial charge in [0.1, 0.15) is 5.54 Å². The van der Waals surface area contributed by atoms with Crippen molar-refractivity contribution in [2.24, 2.45) is 0 Å². The molecule has 0 atom stereocenters. The van der Waals surface area contributed by atoms with E-state index in [2.05, 4.69) is 0 Å². The van der Waals surface area contributed by atoms with Crippen molar-refractivity contribution in [2.45, 2.75) is 31.2 Å². The fraction of sp³-hybridized carbons (Fsp3) is 0.357. The molecule has 5 nitrogen and oxygen atoms in total. The standard InChI is InChI=1S/C14H15NO4S/c1-8(16)9-4-5-11-10(6-9)15(12(17)7-20-11)14(2,3)13(18)19/h4-6H,7H2,1-3H3,(H,18,19). The van der Waals surface area contributed by atoms with Gasteiger partial charge in [0.25, 0.3) is 0 Å². The lowest BCUT2D eigenvalue weighted by Crippen LogP contribution is -2.55. The van der Waals surface area contributed by atoms with Crippen molar-refractivity contribution < 1.29 is 19.5 Å². The predicted molar refractivity (Wildman–Crippen MR) is 76.4 cm³/mol. The summed E-state index contributed by atoms with van der Waals surface area (Å²) in [4.78, 5) is 37.1. The van der Waals surface area contributed by atoms with E-state index in [4.69, 9.17) is 0 Å². The van der Waals surface area contributed by atoms with Crippen molar-refractivity contribution in [2.75, 3.05) is 10.7 Å². The summed E-state index contributed by atoms with van der Waals surface area (Å²) >= 11 is 1.35. The molecule has 0 spiro atoms. The maximum Gasteiger partial charge on any atom is 0.329 e. The number of hydrogen-bond donors (Lipinski definition) is 1. The van der Waals surface area contributed by atoms with Crippen LogP contribution in [0.1, 0.15) is 31.1 Å². The summed E-state index contributed by atoms with van der Waals surface area (Å²) in [6.45, 7) is 4.40. The van der Waals surface area contributed by atoms with E-state index in [1.54, 1.807) is 18.2 Å². The molecule has 1 heterocycles. The van der Waals surface area contributed by atoms with Crippen molar-refractivity contribution >= 4 is 35.1 Å². The fourth-order valence-corrected chi connectivity index (χ4v) is 2.95. The fourth-order valence-electron chi connectivity index (χ4n) is 2.08. The first-order valence-electron chi connectivity index (χ1n) is 6.09. The number of ketones is 1. The lowest BCUT2D eigenvalue weighted by molar-refractivity contribution is -0.143. The molecule has 0 saturated carbocycles. The molecule has 0 aliphatic carbocycles. The van der Waals surface area contributed by atoms with Gasteiger partial charge in [0.2, 0.25) is 5.91 Å². The molecule has 1 aromatic rings. The number of fused-ring (bicyclic) bond motifs is 1. The van der Waals surface area contributed by atoms with Crippen LogP contribution in [0.3, 0.4) is 0 Å². The van der Waals surface area contributed by atoms with Crippen LogP contribution in [0.4, 0.5) is 5.69 Å². The number of amides is 1. The van der Waals surface area contributed by atoms with Crippen molar-refractivity contribution in [3.05, 3.63) is 23.8 Å². The Bertz CT molecular complexity index is 609. The van der Waals surface area contributed by atoms with E-state index >= 15 is 0 Å². The number of hydrogen-bond acceptors (Lipinski definition) is 4. The average Bonchev–Trinajstić information content (AvgIpc) is 2.37. The van der Waals surface area contributed by atoms with E-state index in [0.717, 1.165) is 4.90 Å². The third kappa shape index (κ3) is 2.31. The summed E-state index contributed by atoms with van der Waals surface area (Å²) in [5.41, 5.74) is -0.404. The van der Waals surface area contributed by atoms with Crippen LogP contribution in [0.5, 0.6) is 0 Å². The molecule has 0 bridgehead atoms. The van der Waals surface area contributed by atoms with Crippen molar-refractivity contribution in [3.8, 4) is 0 Å². The number of nitrogens with zero attached hydrogens (tertiary/aromatic N) is 1. The minimum Gasteiger partial charge on any atom is -0.480 e. The van der Waals surface area contributed by atoms with Crippen LogP contribution < -0.4 is 4.90 Å². The summed E-state index contributed by atoms with van der Waals surface area (Å²) in [6.07, 6.45) is 0. The van der Waals surface area contributed by atoms with Gasteiger partial charge >= 0.3 is 5.97 Å². The Morgan fingerprint density at radius 2 is 2.00 bits per heavy atom. The maximum atomic E-state index is 12.1. The van der Waals surface area contributed by atoms with Gasteiger partial charge in [-0.05, 0) is 32.9 Å². The molecule has 1 amide bonds. The minimum atomic E-state index is -1.36. The molecular formula is C14H15NO4S. The number of thioether (sulfide) groups is 1. The Labute approximate surface area is 121 Å². The topological polar surface area (TPSA) is 74.7 Å². The largest absolute Gasteiger partial charge is 0.480 e. The van der Waals surface area contributed by atoms with Crippen LogP contribution in [0.2, 0.25) is 0 Å². The molecule has 2 rings (SSSR count). The van der Waals surface area contributed by atoms with Crippen LogP contribution in [0.25, 0.3) is 0 Å². The third-order valence-electron chi connectivity index (χ3n) is 3.29. The van der Waals surface area contributed by atoms with E-state index in [-0.39, 0.29) is 17.4 Å². The highest BCUT2D eigenvalue weighted by molar-refractivity contribution is 8.00. The Hall–Kier alpha value is -1.82. The Balaban J connectivity index is 2.61. The highest BCUT2D eigenvalue weighted by Gasteiger charge is 2.41. The van der Waals surface area contributed by atoms with Gasteiger partial charge in [-0.1, -0.05) is 6.07 Å². The number of carbonyl (C=O) groups is 3. The molecule has 6 heteroatoms. The number of carboxylic acids is 1. The summed E-state index contributed by atoms with van der Waals surface area (Å²) in [7, 11) is 0. The van der Waals surface area contributed by atoms with Crippen LogP contribution in [0.15, 0.2) is 23.1 Å². The quantitative estimate of drug-likeness (QED) is 0.865. The second kappa shape index (κ2) is 4.94. The Morgan fingerprint density at radius 1 is 1.35 bits per heavy atom. The number of aliphatic carboxylic acids is 1. The van der Waals surface area contributed by atoms with E-state index in [1.165, 1.54) is 37.4 Å². The molecule has 1 aliphatic rings. The average molecular weight is 293 g/mol. The third-order valence-corrected chi connectivity index (χ3v) is 4.34. The summed E-state index contributed by atoms with van der Waals surface area (Å²) in [6, 6.07) is 5.04. The lowest BCUT2D eigenvalue weighted by atomic mass is 10.0. The second-order valence-corrected chi connectivity index (χ2v) is 6.14. The van der Waals surface area contributed by atoms with Gasteiger partial charge < -0.3 is 5.11 Å². The lowest BCUT2D eigenvalue weighted by Gasteiger charge is -2.38. The van der Waals surface area contributed by atoms with Crippen molar-refractivity contribution in [3.63, 3.8) is 0 Å². The number of carboxylic acid groups (broad SMARTS) is 1. The Morgan fingerprint density at radius 3 is 2.55 bits per heavy atom. The predicted octanol–water partition coefficient (Wildman–Crippen LogP) is 2.19. The Kier molecular flexibility index (Phi) is 3.60. The molecule has 1 N–H and O–H groups in total. The SMILES string of the molecule is CC(=O)c1ccc2c(c1)N(C(C)(C)C(=O)O)C(=O)CS2. The molecule has 1 aromatic carbocycles. The maximum absolute atomic E-state index is 12.1. The second-order valence-electron chi connectivity index (χ2n) is 5.12. The van der Waals surface area contributed by atoms with E-state index in [0.29, 0.717) is 11.3 Å². The van der Waals surface area contributed by atoms with Crippen LogP contribution >= 0.6 is 11.8 Å². The zero-order valence-electron chi connectivity index (χ0n) is 11.5. The van der Waals surface area contributed by atoms with Gasteiger partial charge in [0, 0.05) is 10.5 Å². The first-order valence-corrected chi connectivity index (χ1v) is 7.08. The first kappa shape index (κ1) is 14.6. The number of anilines is 1. The van der Waals surface area contributed by atoms with Crippen LogP contribution in [-0.4, -0.2) is 34.1 Å². The summed E-state index contributed by atoms with van der Waals surface area (Å²) in [5, 5.41) is 9.35. The summed E-state index contributed by atoms with van der Waals surface area (Å²) < 4.78 is 0. The smallest absolute Gasteiger partial charge is 0.329 e. The molecule has 1 aliphatic heterocycles. The number of Topliss-reactive ketones (excluding diaryl/α,β-unsaturated/α-hetero) is 1. The van der Waals surface area contributed by atoms with E-state index in [9.17, 15) is 19.5 Å². The zero-order chi connectivity index (χ0) is 15.1. The number of benzene rings is 1. The number of rotatable bonds is 3. The highest BCUT2D eigenvalue weighted by Crippen LogP contribution is 2.39. The minimum absolute atomic E-state index is 0.121. The number of carbonyl (C=O) groups excluding carboxylic acids is 2. The normalized spacial score (nSPS) is 14.9. The van der Waals surface area contributed by atoms with Gasteiger partial charge in [0.05, 0.1) is 11.4 Å². The van der Waals surface area contributed by atoms with Gasteiger partial charge in [-0.15, -0.1) is 11.8 Å². The molecule has 106 valence electrons. The monoisotopic (exact) mass is 293 g/mol. The molecule has 0 aromatic heterocycles. The van der Waals surface area contributed by atoms with E-state index < -0.39 is 11.5 Å². The molecule has 20 heavy (non-hydrogen) atoms. The molecule has 0 saturated heterocycles. The molecule has 0 radical (unpaired) electrons. The first-order chi connectivity index (χ1) is 9.25. The van der Waals surface area contributed by atoms with Gasteiger partial charge in [-0.25, -0.2) is 4.79 Å². The molecular weight excluding hydrogens is 278 g/mol. The summed E-state index contributed by atoms with van der Waals surface area (Å²) in [5.74, 6) is -1.28. The highest BCUT2D eigenvalue weighted by atomic mass is 32.2. The van der Waals surface area contributed by atoms with Crippen molar-refractivity contribution in [1.29, 1.82) is 0 Å². The van der Waals surface area contributed by atoms with Crippen LogP contribution in [0, 0.1) is 0 Å². The van der Waals surface area contributed by atoms with Crippen molar-refractivity contribution in [1.82, 2.24) is 0 Å². The van der Waals surface area contributed by atoms with Gasteiger partial charge in [-0.2, -0.15) is 0 Å². The van der Waals surface area contributed by atoms with E-state index in [1.807, 2.05) is 0 Å². The van der Waals surface area contributed by atoms with Crippen LogP contribution in [-0.2, 0) is 9.59 Å². The molecule has 0 fully saturated rings. The molecule has 0 unspecified atom stereocenters. The van der Waals surface area contributed by atoms with Gasteiger partial charge in [-0.3, -0.25) is 14.5 Å².